The standard InChI is InChI=1S/C45H57N5O7S/c1-27-17-11-13-19-32(27)37(33-20-14-12-18-28(33)2)50-26-16-21-35(41(50)52)40(51)48-36(42(53)57-44(6,7)8)22-15-25-47-43(46)49-58(54,55)39-30(4)29(3)38-34(31(39)5)23-24-45(9,10)56-38/h11-14,16-21,26,36-37H,15,22-25H2,1-10H3,(H,48,51)(H3,46,47,49)/t36-/m0/s1. The van der Waals surface area contributed by atoms with Crippen molar-refractivity contribution in [2.75, 3.05) is 6.54 Å². The van der Waals surface area contributed by atoms with Crippen molar-refractivity contribution >= 4 is 27.9 Å². The number of amides is 1. The van der Waals surface area contributed by atoms with Gasteiger partial charge in [0.1, 0.15) is 28.6 Å². The molecule has 1 aliphatic rings. The SMILES string of the molecule is Cc1ccccc1C(c1ccccc1C)n1cccc(C(=O)N[C@@H](CCCN=C(N)NS(=O)(=O)c2c(C)c(C)c3c(c2C)CCC(C)(C)O3)C(=O)OC(C)(C)C)c1=O. The summed E-state index contributed by atoms with van der Waals surface area (Å²) in [5.74, 6) is -1.01. The molecule has 3 aromatic carbocycles. The summed E-state index contributed by atoms with van der Waals surface area (Å²) < 4.78 is 43.3. The van der Waals surface area contributed by atoms with Gasteiger partial charge in [-0.15, -0.1) is 0 Å². The Balaban J connectivity index is 1.35. The van der Waals surface area contributed by atoms with Crippen LogP contribution in [0.5, 0.6) is 5.75 Å². The highest BCUT2D eigenvalue weighted by molar-refractivity contribution is 7.90. The molecule has 5 rings (SSSR count). The summed E-state index contributed by atoms with van der Waals surface area (Å²) in [5.41, 5.74) is 10.8. The van der Waals surface area contributed by atoms with Crippen LogP contribution in [0.15, 0.2) is 81.5 Å². The van der Waals surface area contributed by atoms with E-state index < -0.39 is 45.1 Å². The molecule has 12 nitrogen and oxygen atoms in total. The number of carbonyl (C=O) groups is 2. The Morgan fingerprint density at radius 1 is 0.931 bits per heavy atom. The number of aryl methyl sites for hydroxylation is 2. The fraction of sp³-hybridized carbons (Fsp3) is 0.422. The summed E-state index contributed by atoms with van der Waals surface area (Å²) in [6.45, 7) is 18.6. The molecule has 310 valence electrons. The largest absolute Gasteiger partial charge is 0.487 e. The van der Waals surface area contributed by atoms with Crippen LogP contribution in [0.2, 0.25) is 0 Å². The van der Waals surface area contributed by atoms with Gasteiger partial charge in [-0.25, -0.2) is 17.9 Å². The molecule has 2 heterocycles. The smallest absolute Gasteiger partial charge is 0.329 e. The van der Waals surface area contributed by atoms with E-state index in [4.69, 9.17) is 15.2 Å². The van der Waals surface area contributed by atoms with E-state index in [2.05, 4.69) is 15.0 Å². The van der Waals surface area contributed by atoms with Crippen LogP contribution < -0.4 is 26.1 Å². The molecule has 0 radical (unpaired) electrons. The molecule has 0 spiro atoms. The van der Waals surface area contributed by atoms with Gasteiger partial charge in [-0.2, -0.15) is 0 Å². The number of aromatic nitrogens is 1. The van der Waals surface area contributed by atoms with E-state index in [1.807, 2.05) is 83.1 Å². The van der Waals surface area contributed by atoms with Crippen molar-refractivity contribution in [1.29, 1.82) is 0 Å². The third-order valence-corrected chi connectivity index (χ3v) is 12.2. The van der Waals surface area contributed by atoms with Gasteiger partial charge < -0.3 is 25.1 Å². The molecule has 0 aliphatic carbocycles. The lowest BCUT2D eigenvalue weighted by molar-refractivity contribution is -0.157. The molecule has 1 amide bonds. The van der Waals surface area contributed by atoms with E-state index >= 15 is 0 Å². The minimum absolute atomic E-state index is 0.0281. The summed E-state index contributed by atoms with van der Waals surface area (Å²) in [4.78, 5) is 45.9. The Morgan fingerprint density at radius 3 is 2.12 bits per heavy atom. The lowest BCUT2D eigenvalue weighted by Gasteiger charge is -2.35. The van der Waals surface area contributed by atoms with Crippen molar-refractivity contribution in [3.8, 4) is 5.75 Å². The van der Waals surface area contributed by atoms with Gasteiger partial charge in [0.25, 0.3) is 21.5 Å². The predicted octanol–water partition coefficient (Wildman–Crippen LogP) is 6.65. The second-order valence-electron chi connectivity index (χ2n) is 16.7. The van der Waals surface area contributed by atoms with E-state index in [0.717, 1.165) is 45.6 Å². The van der Waals surface area contributed by atoms with E-state index in [9.17, 15) is 22.8 Å². The summed E-state index contributed by atoms with van der Waals surface area (Å²) in [6, 6.07) is 17.0. The first-order valence-electron chi connectivity index (χ1n) is 19.6. The van der Waals surface area contributed by atoms with Gasteiger partial charge in [0.15, 0.2) is 0 Å². The topological polar surface area (TPSA) is 171 Å². The maximum Gasteiger partial charge on any atom is 0.329 e. The van der Waals surface area contributed by atoms with Gasteiger partial charge in [0, 0.05) is 12.7 Å². The molecular weight excluding hydrogens is 755 g/mol. The number of nitrogens with zero attached hydrogens (tertiary/aromatic N) is 2. The second kappa shape index (κ2) is 17.2. The fourth-order valence-electron chi connectivity index (χ4n) is 7.47. The quantitative estimate of drug-likeness (QED) is 0.0619. The summed E-state index contributed by atoms with van der Waals surface area (Å²) >= 11 is 0. The van der Waals surface area contributed by atoms with Crippen molar-refractivity contribution in [2.45, 2.75) is 123 Å². The molecule has 0 saturated carbocycles. The third-order valence-electron chi connectivity index (χ3n) is 10.6. The lowest BCUT2D eigenvalue weighted by atomic mass is 9.88. The van der Waals surface area contributed by atoms with E-state index in [1.54, 1.807) is 51.4 Å². The number of fused-ring (bicyclic) bond motifs is 1. The molecule has 13 heteroatoms. The number of guanidine groups is 1. The first-order chi connectivity index (χ1) is 27.1. The first kappa shape index (κ1) is 43.7. The number of sulfonamides is 1. The zero-order chi connectivity index (χ0) is 42.7. The van der Waals surface area contributed by atoms with E-state index in [0.29, 0.717) is 17.5 Å². The highest BCUT2D eigenvalue weighted by atomic mass is 32.2. The number of hydrogen-bond donors (Lipinski definition) is 3. The van der Waals surface area contributed by atoms with Crippen molar-refractivity contribution in [3.63, 3.8) is 0 Å². The van der Waals surface area contributed by atoms with Gasteiger partial charge in [0.05, 0.1) is 10.9 Å². The zero-order valence-electron chi connectivity index (χ0n) is 35.3. The number of pyridine rings is 1. The maximum atomic E-state index is 14.2. The van der Waals surface area contributed by atoms with Crippen LogP contribution in [0, 0.1) is 34.6 Å². The zero-order valence-corrected chi connectivity index (χ0v) is 36.1. The van der Waals surface area contributed by atoms with Crippen LogP contribution in [0.25, 0.3) is 0 Å². The van der Waals surface area contributed by atoms with Gasteiger partial charge in [0.2, 0.25) is 5.96 Å². The minimum Gasteiger partial charge on any atom is -0.487 e. The van der Waals surface area contributed by atoms with Crippen LogP contribution in [0.3, 0.4) is 0 Å². The number of aliphatic imine (C=N–C) groups is 1. The van der Waals surface area contributed by atoms with Gasteiger partial charge >= 0.3 is 5.97 Å². The number of carbonyl (C=O) groups excluding carboxylic acids is 2. The first-order valence-corrected chi connectivity index (χ1v) is 21.1. The normalized spacial score (nSPS) is 14.6. The molecule has 58 heavy (non-hydrogen) atoms. The molecule has 4 aromatic rings. The highest BCUT2D eigenvalue weighted by Gasteiger charge is 2.34. The van der Waals surface area contributed by atoms with Crippen LogP contribution in [-0.2, 0) is 26.0 Å². The number of benzene rings is 3. The Kier molecular flexibility index (Phi) is 13.0. The van der Waals surface area contributed by atoms with Gasteiger partial charge in [-0.3, -0.25) is 14.6 Å². The average Bonchev–Trinajstić information content (AvgIpc) is 3.12. The molecule has 4 N–H and O–H groups in total. The summed E-state index contributed by atoms with van der Waals surface area (Å²) in [6.07, 6.45) is 3.38. The Hall–Kier alpha value is -5.43. The fourth-order valence-corrected chi connectivity index (χ4v) is 8.99. The molecule has 0 unspecified atom stereocenters. The van der Waals surface area contributed by atoms with E-state index in [1.165, 1.54) is 6.07 Å². The average molecular weight is 812 g/mol. The summed E-state index contributed by atoms with van der Waals surface area (Å²) in [5, 5.41) is 2.73. The molecular formula is C45H57N5O7S. The van der Waals surface area contributed by atoms with Gasteiger partial charge in [-0.1, -0.05) is 48.5 Å². The molecule has 1 atom stereocenters. The monoisotopic (exact) mass is 811 g/mol. The number of esters is 1. The second-order valence-corrected chi connectivity index (χ2v) is 18.3. The molecule has 0 fully saturated rings. The van der Waals surface area contributed by atoms with E-state index in [-0.39, 0.29) is 41.4 Å². The van der Waals surface area contributed by atoms with Gasteiger partial charge in [-0.05, 0) is 152 Å². The summed E-state index contributed by atoms with van der Waals surface area (Å²) in [7, 11) is -4.12. The van der Waals surface area contributed by atoms with Crippen molar-refractivity contribution in [2.24, 2.45) is 10.7 Å². The van der Waals surface area contributed by atoms with Crippen LogP contribution >= 0.6 is 0 Å². The van der Waals surface area contributed by atoms with Crippen molar-refractivity contribution in [3.05, 3.63) is 127 Å². The van der Waals surface area contributed by atoms with Crippen LogP contribution in [-0.4, -0.2) is 54.6 Å². The van der Waals surface area contributed by atoms with Crippen LogP contribution in [0.4, 0.5) is 0 Å². The van der Waals surface area contributed by atoms with Crippen LogP contribution in [0.1, 0.15) is 115 Å². The Labute approximate surface area is 342 Å². The minimum atomic E-state index is -4.12. The van der Waals surface area contributed by atoms with Crippen molar-refractivity contribution in [1.82, 2.24) is 14.6 Å². The number of ether oxygens (including phenoxy) is 2. The van der Waals surface area contributed by atoms with Crippen molar-refractivity contribution < 1.29 is 27.5 Å². The highest BCUT2D eigenvalue weighted by Crippen LogP contribution is 2.42. The molecule has 1 aromatic heterocycles. The molecule has 0 bridgehead atoms. The molecule has 0 saturated heterocycles. The maximum absolute atomic E-state index is 14.2. The number of hydrogen-bond acceptors (Lipinski definition) is 8. The molecule has 1 aliphatic heterocycles. The number of nitrogens with two attached hydrogens (primary N) is 1. The predicted molar refractivity (Wildman–Crippen MR) is 227 cm³/mol. The third kappa shape index (κ3) is 9.81. The number of nitrogens with one attached hydrogen (secondary N) is 2. The lowest BCUT2D eigenvalue weighted by Crippen LogP contribution is -2.46. The number of rotatable bonds is 12. The Morgan fingerprint density at radius 2 is 1.53 bits per heavy atom. The Bertz CT molecular complexity index is 2370.